The van der Waals surface area contributed by atoms with Crippen LogP contribution in [0.2, 0.25) is 0 Å². The molecule has 0 spiro atoms. The van der Waals surface area contributed by atoms with Crippen molar-refractivity contribution in [3.05, 3.63) is 40.1 Å². The highest BCUT2D eigenvalue weighted by Gasteiger charge is 2.27. The minimum absolute atomic E-state index is 0.0221. The van der Waals surface area contributed by atoms with Crippen molar-refractivity contribution in [3.63, 3.8) is 0 Å². The molecule has 1 aliphatic rings. The number of carbonyl (C=O) groups is 2. The number of aromatic amines is 1. The van der Waals surface area contributed by atoms with E-state index in [1.165, 1.54) is 11.3 Å². The molecule has 3 N–H and O–H groups in total. The molecule has 3 aromatic rings. The minimum atomic E-state index is -0.0711. The Hall–Kier alpha value is -2.81. The molecule has 146 valence electrons. The van der Waals surface area contributed by atoms with Crippen molar-refractivity contribution in [1.82, 2.24) is 30.8 Å². The Balaban J connectivity index is 1.25. The van der Waals surface area contributed by atoms with Crippen molar-refractivity contribution in [2.45, 2.75) is 45.2 Å². The molecule has 0 atom stereocenters. The summed E-state index contributed by atoms with van der Waals surface area (Å²) in [7, 11) is 0. The lowest BCUT2D eigenvalue weighted by molar-refractivity contribution is -0.126. The van der Waals surface area contributed by atoms with Crippen LogP contribution in [0, 0.1) is 12.8 Å². The molecule has 4 rings (SSSR count). The molecule has 0 radical (unpaired) electrons. The number of amides is 2. The molecule has 9 heteroatoms. The summed E-state index contributed by atoms with van der Waals surface area (Å²) in [5, 5.41) is 14.9. The first-order valence-electron chi connectivity index (χ1n) is 9.39. The number of carbonyl (C=O) groups excluding carboxylic acids is 2. The van der Waals surface area contributed by atoms with E-state index in [4.69, 9.17) is 0 Å². The molecule has 28 heavy (non-hydrogen) atoms. The molecule has 0 aliphatic heterocycles. The number of fused-ring (bicyclic) bond motifs is 1. The van der Waals surface area contributed by atoms with Crippen LogP contribution < -0.4 is 10.6 Å². The average molecular weight is 398 g/mol. The predicted molar refractivity (Wildman–Crippen MR) is 106 cm³/mol. The van der Waals surface area contributed by atoms with Crippen LogP contribution in [0.3, 0.4) is 0 Å². The molecule has 2 amide bonds. The normalized spacial score (nSPS) is 19.5. The molecule has 3 aromatic heterocycles. The van der Waals surface area contributed by atoms with Gasteiger partial charge < -0.3 is 10.6 Å². The van der Waals surface area contributed by atoms with Crippen LogP contribution in [0.15, 0.2) is 24.5 Å². The Labute approximate surface area is 166 Å². The molecule has 3 heterocycles. The fourth-order valence-corrected chi connectivity index (χ4v) is 4.26. The van der Waals surface area contributed by atoms with E-state index in [0.29, 0.717) is 17.1 Å². The number of rotatable bonds is 5. The van der Waals surface area contributed by atoms with Crippen molar-refractivity contribution in [2.24, 2.45) is 5.92 Å². The number of H-pyrrole nitrogens is 1. The van der Waals surface area contributed by atoms with E-state index in [1.54, 1.807) is 12.4 Å². The van der Waals surface area contributed by atoms with E-state index in [0.717, 1.165) is 41.8 Å². The zero-order chi connectivity index (χ0) is 19.5. The highest BCUT2D eigenvalue weighted by Crippen LogP contribution is 2.25. The average Bonchev–Trinajstić information content (AvgIpc) is 3.33. The number of thiazole rings is 1. The van der Waals surface area contributed by atoms with E-state index >= 15 is 0 Å². The van der Waals surface area contributed by atoms with Gasteiger partial charge in [-0.3, -0.25) is 14.7 Å². The minimum Gasteiger partial charge on any atom is -0.350 e. The lowest BCUT2D eigenvalue weighted by atomic mass is 9.85. The Bertz CT molecular complexity index is 989. The van der Waals surface area contributed by atoms with Crippen LogP contribution >= 0.6 is 11.3 Å². The Kier molecular flexibility index (Phi) is 5.34. The third kappa shape index (κ3) is 4.04. The first-order valence-corrected chi connectivity index (χ1v) is 10.2. The molecule has 0 unspecified atom stereocenters. The fourth-order valence-electron chi connectivity index (χ4n) is 3.58. The number of hydrogen-bond acceptors (Lipinski definition) is 6. The van der Waals surface area contributed by atoms with Gasteiger partial charge in [-0.05, 0) is 44.7 Å². The van der Waals surface area contributed by atoms with Crippen molar-refractivity contribution < 1.29 is 9.59 Å². The zero-order valence-corrected chi connectivity index (χ0v) is 16.4. The van der Waals surface area contributed by atoms with Gasteiger partial charge in [-0.1, -0.05) is 0 Å². The van der Waals surface area contributed by atoms with Gasteiger partial charge in [-0.25, -0.2) is 9.97 Å². The molecule has 1 aliphatic carbocycles. The van der Waals surface area contributed by atoms with Crippen LogP contribution in [0.4, 0.5) is 0 Å². The molecule has 0 bridgehead atoms. The third-order valence-corrected chi connectivity index (χ3v) is 6.04. The van der Waals surface area contributed by atoms with Crippen molar-refractivity contribution in [2.75, 3.05) is 0 Å². The number of pyridine rings is 1. The van der Waals surface area contributed by atoms with Gasteiger partial charge in [0.2, 0.25) is 5.91 Å². The number of nitrogens with zero attached hydrogens (tertiary/aromatic N) is 3. The summed E-state index contributed by atoms with van der Waals surface area (Å²) in [6.07, 6.45) is 6.45. The van der Waals surface area contributed by atoms with Crippen LogP contribution in [0.25, 0.3) is 11.0 Å². The second kappa shape index (κ2) is 8.05. The van der Waals surface area contributed by atoms with Crippen molar-refractivity contribution >= 4 is 34.2 Å². The van der Waals surface area contributed by atoms with E-state index in [9.17, 15) is 9.59 Å². The second-order valence-corrected chi connectivity index (χ2v) is 8.29. The van der Waals surface area contributed by atoms with Crippen LogP contribution in [-0.2, 0) is 11.3 Å². The quantitative estimate of drug-likeness (QED) is 0.611. The largest absolute Gasteiger partial charge is 0.350 e. The molecule has 0 aromatic carbocycles. The number of aromatic nitrogens is 4. The first-order chi connectivity index (χ1) is 13.6. The topological polar surface area (TPSA) is 113 Å². The zero-order valence-electron chi connectivity index (χ0n) is 15.6. The maximum absolute atomic E-state index is 12.5. The van der Waals surface area contributed by atoms with Crippen molar-refractivity contribution in [3.8, 4) is 0 Å². The molecule has 1 saturated carbocycles. The monoisotopic (exact) mass is 398 g/mol. The van der Waals surface area contributed by atoms with Gasteiger partial charge in [0.1, 0.15) is 4.88 Å². The summed E-state index contributed by atoms with van der Waals surface area (Å²) in [5.74, 6) is -0.0427. The van der Waals surface area contributed by atoms with Gasteiger partial charge in [-0.15, -0.1) is 11.3 Å². The highest BCUT2D eigenvalue weighted by atomic mass is 32.1. The lowest BCUT2D eigenvalue weighted by Crippen LogP contribution is -2.40. The van der Waals surface area contributed by atoms with Crippen LogP contribution in [-0.4, -0.2) is 38.0 Å². The summed E-state index contributed by atoms with van der Waals surface area (Å²) in [4.78, 5) is 33.7. The van der Waals surface area contributed by atoms with Crippen LogP contribution in [0.5, 0.6) is 0 Å². The van der Waals surface area contributed by atoms with Gasteiger partial charge in [0.05, 0.1) is 23.4 Å². The van der Waals surface area contributed by atoms with E-state index in [2.05, 4.69) is 30.8 Å². The standard InChI is InChI=1S/C19H22N6O2S/c1-11-21-10-16(28-11)19(27)23-13-6-4-12(5-7-13)18(26)22-9-15-14-3-2-8-20-17(14)25-24-15/h2-3,8,10,12-13H,4-7,9H2,1H3,(H,22,26)(H,23,27)(H,20,24,25). The number of nitrogens with one attached hydrogen (secondary N) is 3. The first kappa shape index (κ1) is 18.5. The maximum Gasteiger partial charge on any atom is 0.263 e. The summed E-state index contributed by atoms with van der Waals surface area (Å²) >= 11 is 1.40. The van der Waals surface area contributed by atoms with Gasteiger partial charge in [0.25, 0.3) is 5.91 Å². The predicted octanol–water partition coefficient (Wildman–Crippen LogP) is 2.33. The van der Waals surface area contributed by atoms with E-state index in [1.807, 2.05) is 19.1 Å². The van der Waals surface area contributed by atoms with Gasteiger partial charge in [0.15, 0.2) is 5.65 Å². The maximum atomic E-state index is 12.5. The van der Waals surface area contributed by atoms with Gasteiger partial charge >= 0.3 is 0 Å². The summed E-state index contributed by atoms with van der Waals surface area (Å²) in [6, 6.07) is 3.90. The van der Waals surface area contributed by atoms with Gasteiger partial charge in [-0.2, -0.15) is 5.10 Å². The highest BCUT2D eigenvalue weighted by molar-refractivity contribution is 7.13. The fraction of sp³-hybridized carbons (Fsp3) is 0.421. The van der Waals surface area contributed by atoms with Crippen molar-refractivity contribution in [1.29, 1.82) is 0 Å². The molecule has 8 nitrogen and oxygen atoms in total. The molecule has 1 fully saturated rings. The Morgan fingerprint density at radius 3 is 2.82 bits per heavy atom. The molecule has 0 saturated heterocycles. The number of aryl methyl sites for hydroxylation is 1. The summed E-state index contributed by atoms with van der Waals surface area (Å²) in [5.41, 5.74) is 1.51. The number of hydrogen-bond donors (Lipinski definition) is 3. The smallest absolute Gasteiger partial charge is 0.263 e. The second-order valence-electron chi connectivity index (χ2n) is 7.06. The summed E-state index contributed by atoms with van der Waals surface area (Å²) < 4.78 is 0. The van der Waals surface area contributed by atoms with Gasteiger partial charge in [0, 0.05) is 23.5 Å². The van der Waals surface area contributed by atoms with Crippen LogP contribution in [0.1, 0.15) is 46.1 Å². The SMILES string of the molecule is Cc1ncc(C(=O)NC2CCC(C(=O)NCc3[nH]nc4ncccc34)CC2)s1. The lowest BCUT2D eigenvalue weighted by Gasteiger charge is -2.28. The molecular formula is C19H22N6O2S. The third-order valence-electron chi connectivity index (χ3n) is 5.13. The Morgan fingerprint density at radius 2 is 2.07 bits per heavy atom. The molecular weight excluding hydrogens is 376 g/mol. The van der Waals surface area contributed by atoms with E-state index < -0.39 is 0 Å². The van der Waals surface area contributed by atoms with E-state index in [-0.39, 0.29) is 23.8 Å². The summed E-state index contributed by atoms with van der Waals surface area (Å²) in [6.45, 7) is 2.29. The Morgan fingerprint density at radius 1 is 1.25 bits per heavy atom.